The molecule has 0 fully saturated rings. The number of carbonyl (C=O) groups is 2. The van der Waals surface area contributed by atoms with Gasteiger partial charge < -0.3 is 20.6 Å². The first-order chi connectivity index (χ1) is 9.86. The lowest BCUT2D eigenvalue weighted by Gasteiger charge is -2.08. The van der Waals surface area contributed by atoms with Crippen molar-refractivity contribution in [3.8, 4) is 11.5 Å². The maximum atomic E-state index is 12.0. The SMILES string of the molecule is Cc1cc(NC(=O)c2cc(O)cc(O)c2)ccc1C(=O)O. The molecule has 0 saturated carbocycles. The minimum Gasteiger partial charge on any atom is -0.508 e. The number of aryl methyl sites for hydroxylation is 1. The molecule has 0 spiro atoms. The number of hydrogen-bond donors (Lipinski definition) is 4. The van der Waals surface area contributed by atoms with Gasteiger partial charge in [0.25, 0.3) is 5.91 Å². The molecule has 0 aromatic heterocycles. The second kappa shape index (κ2) is 5.54. The van der Waals surface area contributed by atoms with Crippen LogP contribution in [0.3, 0.4) is 0 Å². The number of phenolic OH excluding ortho intramolecular Hbond substituents is 2. The molecule has 21 heavy (non-hydrogen) atoms. The lowest BCUT2D eigenvalue weighted by atomic mass is 10.1. The lowest BCUT2D eigenvalue weighted by Crippen LogP contribution is -2.12. The Morgan fingerprint density at radius 3 is 2.14 bits per heavy atom. The molecule has 0 unspecified atom stereocenters. The summed E-state index contributed by atoms with van der Waals surface area (Å²) in [6.07, 6.45) is 0. The Kier molecular flexibility index (Phi) is 3.80. The Morgan fingerprint density at radius 2 is 1.62 bits per heavy atom. The van der Waals surface area contributed by atoms with E-state index in [9.17, 15) is 19.8 Å². The van der Waals surface area contributed by atoms with Crippen LogP contribution in [0.1, 0.15) is 26.3 Å². The molecule has 0 bridgehead atoms. The average Bonchev–Trinajstić information content (AvgIpc) is 2.37. The molecule has 0 atom stereocenters. The fourth-order valence-corrected chi connectivity index (χ4v) is 1.91. The third-order valence-electron chi connectivity index (χ3n) is 2.88. The van der Waals surface area contributed by atoms with Gasteiger partial charge in [-0.3, -0.25) is 4.79 Å². The number of nitrogens with one attached hydrogen (secondary N) is 1. The zero-order valence-corrected chi connectivity index (χ0v) is 11.1. The van der Waals surface area contributed by atoms with Crippen molar-refractivity contribution < 1.29 is 24.9 Å². The second-order valence-electron chi connectivity index (χ2n) is 4.53. The summed E-state index contributed by atoms with van der Waals surface area (Å²) in [6.45, 7) is 1.62. The first-order valence-electron chi connectivity index (χ1n) is 6.05. The van der Waals surface area contributed by atoms with Crippen LogP contribution in [-0.4, -0.2) is 27.2 Å². The summed E-state index contributed by atoms with van der Waals surface area (Å²) < 4.78 is 0. The molecule has 0 aliphatic rings. The van der Waals surface area contributed by atoms with Crippen LogP contribution in [0.4, 0.5) is 5.69 Å². The van der Waals surface area contributed by atoms with Crippen LogP contribution >= 0.6 is 0 Å². The van der Waals surface area contributed by atoms with Crippen molar-refractivity contribution in [1.82, 2.24) is 0 Å². The van der Waals surface area contributed by atoms with Crippen molar-refractivity contribution in [1.29, 1.82) is 0 Å². The predicted molar refractivity (Wildman–Crippen MR) is 75.9 cm³/mol. The van der Waals surface area contributed by atoms with E-state index in [4.69, 9.17) is 5.11 Å². The molecule has 2 rings (SSSR count). The monoisotopic (exact) mass is 287 g/mol. The van der Waals surface area contributed by atoms with Crippen molar-refractivity contribution in [3.63, 3.8) is 0 Å². The van der Waals surface area contributed by atoms with E-state index >= 15 is 0 Å². The number of anilines is 1. The molecule has 6 heteroatoms. The van der Waals surface area contributed by atoms with Gasteiger partial charge in [-0.2, -0.15) is 0 Å². The number of phenols is 2. The third-order valence-corrected chi connectivity index (χ3v) is 2.88. The molecular weight excluding hydrogens is 274 g/mol. The van der Waals surface area contributed by atoms with Crippen LogP contribution in [0, 0.1) is 6.92 Å². The van der Waals surface area contributed by atoms with Crippen molar-refractivity contribution in [2.75, 3.05) is 5.32 Å². The summed E-state index contributed by atoms with van der Waals surface area (Å²) in [5, 5.41) is 30.2. The summed E-state index contributed by atoms with van der Waals surface area (Å²) >= 11 is 0. The van der Waals surface area contributed by atoms with Crippen LogP contribution in [0.5, 0.6) is 11.5 Å². The molecule has 6 nitrogen and oxygen atoms in total. The fraction of sp³-hybridized carbons (Fsp3) is 0.0667. The van der Waals surface area contributed by atoms with Crippen LogP contribution in [0.25, 0.3) is 0 Å². The van der Waals surface area contributed by atoms with Gasteiger partial charge in [0.05, 0.1) is 5.56 Å². The van der Waals surface area contributed by atoms with E-state index < -0.39 is 11.9 Å². The number of rotatable bonds is 3. The number of aromatic carboxylic acids is 1. The second-order valence-corrected chi connectivity index (χ2v) is 4.53. The number of hydrogen-bond acceptors (Lipinski definition) is 4. The molecule has 0 aliphatic carbocycles. The minimum absolute atomic E-state index is 0.0902. The number of amides is 1. The van der Waals surface area contributed by atoms with Crippen LogP contribution in [0.15, 0.2) is 36.4 Å². The smallest absolute Gasteiger partial charge is 0.335 e. The van der Waals surface area contributed by atoms with Gasteiger partial charge in [-0.25, -0.2) is 4.79 Å². The molecule has 0 radical (unpaired) electrons. The van der Waals surface area contributed by atoms with Gasteiger partial charge in [0, 0.05) is 17.3 Å². The highest BCUT2D eigenvalue weighted by molar-refractivity contribution is 6.05. The zero-order chi connectivity index (χ0) is 15.6. The van der Waals surface area contributed by atoms with Crippen molar-refractivity contribution in [3.05, 3.63) is 53.1 Å². The third kappa shape index (κ3) is 3.30. The van der Waals surface area contributed by atoms with Crippen LogP contribution in [-0.2, 0) is 0 Å². The molecule has 108 valence electrons. The first kappa shape index (κ1) is 14.4. The van der Waals surface area contributed by atoms with Gasteiger partial charge in [0.1, 0.15) is 11.5 Å². The largest absolute Gasteiger partial charge is 0.508 e. The fourth-order valence-electron chi connectivity index (χ4n) is 1.91. The van der Waals surface area contributed by atoms with E-state index in [0.717, 1.165) is 6.07 Å². The van der Waals surface area contributed by atoms with E-state index in [1.807, 2.05) is 0 Å². The minimum atomic E-state index is -1.04. The molecule has 0 saturated heterocycles. The Bertz CT molecular complexity index is 704. The van der Waals surface area contributed by atoms with Gasteiger partial charge in [-0.15, -0.1) is 0 Å². The summed E-state index contributed by atoms with van der Waals surface area (Å²) in [4.78, 5) is 22.9. The Labute approximate surface area is 120 Å². The summed E-state index contributed by atoms with van der Waals surface area (Å²) in [7, 11) is 0. The van der Waals surface area contributed by atoms with Gasteiger partial charge in [0.2, 0.25) is 0 Å². The molecule has 0 heterocycles. The molecule has 1 amide bonds. The highest BCUT2D eigenvalue weighted by Gasteiger charge is 2.11. The standard InChI is InChI=1S/C15H13NO5/c1-8-4-10(2-3-13(8)15(20)21)16-14(19)9-5-11(17)7-12(18)6-9/h2-7,17-18H,1H3,(H,16,19)(H,20,21). The number of benzene rings is 2. The Morgan fingerprint density at radius 1 is 1.00 bits per heavy atom. The molecule has 2 aromatic carbocycles. The van der Waals surface area contributed by atoms with Gasteiger partial charge >= 0.3 is 5.97 Å². The van der Waals surface area contributed by atoms with E-state index in [1.54, 1.807) is 6.92 Å². The van der Waals surface area contributed by atoms with E-state index in [0.29, 0.717) is 11.3 Å². The van der Waals surface area contributed by atoms with Crippen LogP contribution < -0.4 is 5.32 Å². The normalized spacial score (nSPS) is 10.1. The number of carboxylic acids is 1. The zero-order valence-electron chi connectivity index (χ0n) is 11.1. The van der Waals surface area contributed by atoms with Gasteiger partial charge in [-0.1, -0.05) is 0 Å². The molecule has 0 aliphatic heterocycles. The summed E-state index contributed by atoms with van der Waals surface area (Å²) in [6, 6.07) is 7.94. The summed E-state index contributed by atoms with van der Waals surface area (Å²) in [5.74, 6) is -2.01. The van der Waals surface area contributed by atoms with E-state index in [1.165, 1.54) is 30.3 Å². The van der Waals surface area contributed by atoms with Gasteiger partial charge in [-0.05, 0) is 42.8 Å². The maximum absolute atomic E-state index is 12.0. The van der Waals surface area contributed by atoms with Crippen molar-refractivity contribution >= 4 is 17.6 Å². The Balaban J connectivity index is 2.23. The highest BCUT2D eigenvalue weighted by atomic mass is 16.4. The van der Waals surface area contributed by atoms with E-state index in [-0.39, 0.29) is 22.6 Å². The number of aromatic hydroxyl groups is 2. The average molecular weight is 287 g/mol. The van der Waals surface area contributed by atoms with E-state index in [2.05, 4.69) is 5.32 Å². The Hall–Kier alpha value is -3.02. The number of carboxylic acid groups (broad SMARTS) is 1. The topological polar surface area (TPSA) is 107 Å². The van der Waals surface area contributed by atoms with Crippen molar-refractivity contribution in [2.45, 2.75) is 6.92 Å². The lowest BCUT2D eigenvalue weighted by molar-refractivity contribution is 0.0696. The van der Waals surface area contributed by atoms with Crippen LogP contribution in [0.2, 0.25) is 0 Å². The predicted octanol–water partition coefficient (Wildman–Crippen LogP) is 2.36. The first-order valence-corrected chi connectivity index (χ1v) is 6.05. The maximum Gasteiger partial charge on any atom is 0.335 e. The number of carbonyl (C=O) groups excluding carboxylic acids is 1. The van der Waals surface area contributed by atoms with Crippen molar-refractivity contribution in [2.24, 2.45) is 0 Å². The molecule has 4 N–H and O–H groups in total. The molecule has 2 aromatic rings. The quantitative estimate of drug-likeness (QED) is 0.693. The summed E-state index contributed by atoms with van der Waals surface area (Å²) in [5.41, 5.74) is 1.18. The van der Waals surface area contributed by atoms with Gasteiger partial charge in [0.15, 0.2) is 0 Å². The highest BCUT2D eigenvalue weighted by Crippen LogP contribution is 2.22. The molecular formula is C15H13NO5.